The zero-order valence-electron chi connectivity index (χ0n) is 15.0. The first-order chi connectivity index (χ1) is 13.5. The molecule has 0 aliphatic carbocycles. The maximum absolute atomic E-state index is 6.05. The predicted octanol–water partition coefficient (Wildman–Crippen LogP) is 5.46. The fourth-order valence-corrected chi connectivity index (χ4v) is 3.15. The summed E-state index contributed by atoms with van der Waals surface area (Å²) in [4.78, 5) is 4.08. The molecule has 28 heavy (non-hydrogen) atoms. The van der Waals surface area contributed by atoms with E-state index in [4.69, 9.17) is 38.4 Å². The maximum Gasteiger partial charge on any atom is 0.205 e. The third kappa shape index (κ3) is 5.51. The number of halogens is 2. The van der Waals surface area contributed by atoms with Gasteiger partial charge in [-0.3, -0.25) is 5.43 Å². The first-order valence-corrected chi connectivity index (χ1v) is 10.0. The van der Waals surface area contributed by atoms with Crippen molar-refractivity contribution in [2.45, 2.75) is 13.5 Å². The number of aromatic nitrogens is 1. The maximum atomic E-state index is 6.05. The molecule has 1 aromatic heterocycles. The zero-order chi connectivity index (χ0) is 19.9. The second-order valence-electron chi connectivity index (χ2n) is 5.62. The molecule has 9 heteroatoms. The number of hydrogen-bond acceptors (Lipinski definition) is 7. The van der Waals surface area contributed by atoms with Gasteiger partial charge in [0.2, 0.25) is 5.13 Å². The summed E-state index contributed by atoms with van der Waals surface area (Å²) in [5, 5.41) is 7.53. The molecule has 0 aliphatic heterocycles. The van der Waals surface area contributed by atoms with E-state index in [0.717, 1.165) is 11.1 Å². The molecule has 3 rings (SSSR count). The highest BCUT2D eigenvalue weighted by Crippen LogP contribution is 2.30. The van der Waals surface area contributed by atoms with Gasteiger partial charge in [0.25, 0.3) is 0 Å². The summed E-state index contributed by atoms with van der Waals surface area (Å²) in [6, 6.07) is 11.0. The Morgan fingerprint density at radius 3 is 2.71 bits per heavy atom. The van der Waals surface area contributed by atoms with Gasteiger partial charge in [0.05, 0.1) is 22.9 Å². The van der Waals surface area contributed by atoms with Crippen molar-refractivity contribution >= 4 is 51.7 Å². The van der Waals surface area contributed by atoms with Crippen LogP contribution in [0.2, 0.25) is 10.0 Å². The van der Waals surface area contributed by atoms with E-state index < -0.39 is 0 Å². The van der Waals surface area contributed by atoms with Crippen LogP contribution in [0.25, 0.3) is 0 Å². The summed E-state index contributed by atoms with van der Waals surface area (Å²) < 4.78 is 11.6. The monoisotopic (exact) mass is 436 g/mol. The van der Waals surface area contributed by atoms with E-state index in [1.165, 1.54) is 11.3 Å². The fraction of sp³-hybridized carbons (Fsp3) is 0.158. The molecule has 0 atom stereocenters. The number of ether oxygens (including phenoxy) is 2. The molecule has 146 valence electrons. The van der Waals surface area contributed by atoms with Crippen LogP contribution in [-0.2, 0) is 6.61 Å². The van der Waals surface area contributed by atoms with Crippen LogP contribution in [0.15, 0.2) is 46.9 Å². The Kier molecular flexibility index (Phi) is 6.97. The highest BCUT2D eigenvalue weighted by atomic mass is 35.5. The van der Waals surface area contributed by atoms with Crippen LogP contribution in [0.3, 0.4) is 0 Å². The number of hydrazone groups is 1. The lowest BCUT2D eigenvalue weighted by Gasteiger charge is -2.13. The van der Waals surface area contributed by atoms with E-state index in [1.807, 2.05) is 31.2 Å². The Morgan fingerprint density at radius 2 is 2.00 bits per heavy atom. The summed E-state index contributed by atoms with van der Waals surface area (Å²) in [5.74, 6) is 1.72. The Morgan fingerprint density at radius 1 is 1.14 bits per heavy atom. The number of nitrogens with zero attached hydrogens (tertiary/aromatic N) is 2. The number of nitrogen functional groups attached to an aromatic ring is 1. The number of rotatable bonds is 8. The second-order valence-corrected chi connectivity index (χ2v) is 7.30. The average molecular weight is 437 g/mol. The van der Waals surface area contributed by atoms with Crippen LogP contribution in [0, 0.1) is 0 Å². The van der Waals surface area contributed by atoms with Gasteiger partial charge < -0.3 is 15.2 Å². The highest BCUT2D eigenvalue weighted by molar-refractivity contribution is 7.14. The first kappa shape index (κ1) is 20.3. The van der Waals surface area contributed by atoms with Gasteiger partial charge in [-0.2, -0.15) is 5.10 Å². The standard InChI is InChI=1S/C19H18Cl2N4O2S/c1-2-26-17-8-12(9-23-25-19-24-18(22)11-28-19)4-6-16(17)27-10-13-3-5-14(20)15(21)7-13/h3-9,11H,2,10,22H2,1H3,(H,24,25). The molecule has 0 bridgehead atoms. The van der Waals surface area contributed by atoms with Crippen LogP contribution in [0.5, 0.6) is 11.5 Å². The molecule has 0 saturated carbocycles. The van der Waals surface area contributed by atoms with Crippen LogP contribution in [-0.4, -0.2) is 17.8 Å². The van der Waals surface area contributed by atoms with Crippen LogP contribution in [0.4, 0.5) is 10.9 Å². The Bertz CT molecular complexity index is 978. The molecule has 0 amide bonds. The number of anilines is 2. The summed E-state index contributed by atoms with van der Waals surface area (Å²) in [5.41, 5.74) is 10.2. The molecule has 0 saturated heterocycles. The van der Waals surface area contributed by atoms with Gasteiger partial charge in [-0.1, -0.05) is 29.3 Å². The highest BCUT2D eigenvalue weighted by Gasteiger charge is 2.08. The molecule has 6 nitrogen and oxygen atoms in total. The second kappa shape index (κ2) is 9.64. The van der Waals surface area contributed by atoms with Gasteiger partial charge in [-0.25, -0.2) is 4.98 Å². The van der Waals surface area contributed by atoms with Gasteiger partial charge >= 0.3 is 0 Å². The number of nitrogens with one attached hydrogen (secondary N) is 1. The smallest absolute Gasteiger partial charge is 0.205 e. The van der Waals surface area contributed by atoms with Gasteiger partial charge in [-0.05, 0) is 48.4 Å². The van der Waals surface area contributed by atoms with Crippen molar-refractivity contribution in [3.8, 4) is 11.5 Å². The molecule has 2 aromatic carbocycles. The molecular weight excluding hydrogens is 419 g/mol. The first-order valence-electron chi connectivity index (χ1n) is 8.39. The zero-order valence-corrected chi connectivity index (χ0v) is 17.3. The molecule has 0 fully saturated rings. The lowest BCUT2D eigenvalue weighted by atomic mass is 10.2. The van der Waals surface area contributed by atoms with E-state index >= 15 is 0 Å². The number of hydrogen-bond donors (Lipinski definition) is 2. The normalized spacial score (nSPS) is 11.0. The lowest BCUT2D eigenvalue weighted by molar-refractivity contribution is 0.269. The van der Waals surface area contributed by atoms with Gasteiger partial charge in [0.1, 0.15) is 12.4 Å². The van der Waals surface area contributed by atoms with E-state index in [1.54, 1.807) is 23.7 Å². The number of thiazole rings is 1. The molecule has 0 spiro atoms. The molecule has 0 aliphatic rings. The van der Waals surface area contributed by atoms with Crippen molar-refractivity contribution in [2.24, 2.45) is 5.10 Å². The minimum Gasteiger partial charge on any atom is -0.490 e. The Balaban J connectivity index is 1.68. The SMILES string of the molecule is CCOc1cc(C=NNc2nc(N)cs2)ccc1OCc1ccc(Cl)c(Cl)c1. The van der Waals surface area contributed by atoms with E-state index in [0.29, 0.717) is 45.7 Å². The van der Waals surface area contributed by atoms with Gasteiger partial charge in [0.15, 0.2) is 11.5 Å². The summed E-state index contributed by atoms with van der Waals surface area (Å²) >= 11 is 13.4. The quantitative estimate of drug-likeness (QED) is 0.362. The molecule has 3 N–H and O–H groups in total. The van der Waals surface area contributed by atoms with Crippen LogP contribution < -0.4 is 20.6 Å². The van der Waals surface area contributed by atoms with E-state index in [9.17, 15) is 0 Å². The minimum atomic E-state index is 0.345. The molecule has 0 radical (unpaired) electrons. The topological polar surface area (TPSA) is 81.8 Å². The number of nitrogens with two attached hydrogens (primary N) is 1. The van der Waals surface area contributed by atoms with Crippen molar-refractivity contribution in [1.82, 2.24) is 4.98 Å². The molecule has 3 aromatic rings. The predicted molar refractivity (Wildman–Crippen MR) is 116 cm³/mol. The van der Waals surface area contributed by atoms with Crippen molar-refractivity contribution in [3.63, 3.8) is 0 Å². The summed E-state index contributed by atoms with van der Waals surface area (Å²) in [6.07, 6.45) is 1.67. The summed E-state index contributed by atoms with van der Waals surface area (Å²) in [7, 11) is 0. The van der Waals surface area contributed by atoms with Gasteiger partial charge in [0, 0.05) is 5.38 Å². The van der Waals surface area contributed by atoms with Crippen LogP contribution in [0.1, 0.15) is 18.1 Å². The Labute approximate surface area is 176 Å². The average Bonchev–Trinajstić information content (AvgIpc) is 3.09. The van der Waals surface area contributed by atoms with Crippen molar-refractivity contribution < 1.29 is 9.47 Å². The minimum absolute atomic E-state index is 0.345. The van der Waals surface area contributed by atoms with Crippen molar-refractivity contribution in [3.05, 3.63) is 63.0 Å². The largest absolute Gasteiger partial charge is 0.490 e. The molecular formula is C19H18Cl2N4O2S. The van der Waals surface area contributed by atoms with E-state index in [2.05, 4.69) is 15.5 Å². The molecule has 1 heterocycles. The van der Waals surface area contributed by atoms with E-state index in [-0.39, 0.29) is 0 Å². The van der Waals surface area contributed by atoms with Crippen molar-refractivity contribution in [1.29, 1.82) is 0 Å². The summed E-state index contributed by atoms with van der Waals surface area (Å²) in [6.45, 7) is 2.77. The number of benzene rings is 2. The van der Waals surface area contributed by atoms with Crippen LogP contribution >= 0.6 is 34.5 Å². The van der Waals surface area contributed by atoms with Gasteiger partial charge in [-0.15, -0.1) is 11.3 Å². The third-order valence-electron chi connectivity index (χ3n) is 3.54. The lowest BCUT2D eigenvalue weighted by Crippen LogP contribution is -2.01. The van der Waals surface area contributed by atoms with Crippen molar-refractivity contribution in [2.75, 3.05) is 17.8 Å². The Hall–Kier alpha value is -2.48. The third-order valence-corrected chi connectivity index (χ3v) is 5.05. The molecule has 0 unspecified atom stereocenters. The fourth-order valence-electron chi connectivity index (χ4n) is 2.28.